The quantitative estimate of drug-likeness (QED) is 0.285. The molecular formula is C20H35IN4O3. The topological polar surface area (TPSA) is 82.3 Å². The number of likely N-dealkylation sites (tertiary alicyclic amines) is 1. The minimum absolute atomic E-state index is 0. The van der Waals surface area contributed by atoms with Crippen molar-refractivity contribution in [2.24, 2.45) is 10.4 Å². The summed E-state index contributed by atoms with van der Waals surface area (Å²) in [6, 6.07) is 4.33. The molecule has 7 nitrogen and oxygen atoms in total. The number of hydrogen-bond acceptors (Lipinski definition) is 5. The second kappa shape index (κ2) is 11.4. The molecule has 0 aromatic carbocycles. The first-order valence-corrected chi connectivity index (χ1v) is 10.1. The Balaban J connectivity index is 0.00000280. The van der Waals surface area contributed by atoms with Gasteiger partial charge in [-0.05, 0) is 57.8 Å². The molecule has 2 saturated heterocycles. The van der Waals surface area contributed by atoms with E-state index in [4.69, 9.17) is 9.15 Å². The predicted molar refractivity (Wildman–Crippen MR) is 121 cm³/mol. The molecule has 2 fully saturated rings. The summed E-state index contributed by atoms with van der Waals surface area (Å²) in [6.07, 6.45) is 4.21. The van der Waals surface area contributed by atoms with Crippen molar-refractivity contribution < 1.29 is 14.3 Å². The van der Waals surface area contributed by atoms with Crippen LogP contribution in [0.15, 0.2) is 21.5 Å². The Labute approximate surface area is 185 Å². The molecular weight excluding hydrogens is 471 g/mol. The molecule has 0 saturated carbocycles. The van der Waals surface area contributed by atoms with Crippen molar-refractivity contribution in [3.8, 4) is 0 Å². The minimum atomic E-state index is -0.00114. The van der Waals surface area contributed by atoms with Crippen LogP contribution in [0.2, 0.25) is 0 Å². The average molecular weight is 506 g/mol. The van der Waals surface area contributed by atoms with Gasteiger partial charge in [-0.3, -0.25) is 9.89 Å². The Hall–Kier alpha value is -0.840. The molecule has 0 radical (unpaired) electrons. The number of halogens is 1. The normalized spacial score (nSPS) is 24.2. The molecule has 1 aromatic heterocycles. The molecule has 3 rings (SSSR count). The number of aliphatic imine (C=N–C) groups is 1. The molecule has 0 amide bonds. The summed E-state index contributed by atoms with van der Waals surface area (Å²) in [7, 11) is 1.79. The monoisotopic (exact) mass is 506 g/mol. The molecule has 3 heterocycles. The number of guanidine groups is 1. The lowest BCUT2D eigenvalue weighted by molar-refractivity contribution is 0.127. The van der Waals surface area contributed by atoms with Gasteiger partial charge >= 0.3 is 0 Å². The summed E-state index contributed by atoms with van der Waals surface area (Å²) in [5.74, 6) is 2.74. The maximum absolute atomic E-state index is 9.39. The lowest BCUT2D eigenvalue weighted by atomic mass is 9.84. The Bertz CT molecular complexity index is 610. The van der Waals surface area contributed by atoms with Crippen LogP contribution in [0.1, 0.15) is 43.2 Å². The summed E-state index contributed by atoms with van der Waals surface area (Å²) >= 11 is 0. The fraction of sp³-hybridized carbons (Fsp3) is 0.750. The predicted octanol–water partition coefficient (Wildman–Crippen LogP) is 2.30. The molecule has 28 heavy (non-hydrogen) atoms. The van der Waals surface area contributed by atoms with Crippen LogP contribution in [-0.2, 0) is 4.74 Å². The Morgan fingerprint density at radius 2 is 2.11 bits per heavy atom. The number of nitrogens with zero attached hydrogens (tertiary/aromatic N) is 2. The Morgan fingerprint density at radius 3 is 2.68 bits per heavy atom. The lowest BCUT2D eigenvalue weighted by Crippen LogP contribution is -2.46. The number of furan rings is 1. The van der Waals surface area contributed by atoms with E-state index in [2.05, 4.69) is 26.6 Å². The van der Waals surface area contributed by atoms with Crippen molar-refractivity contribution in [1.29, 1.82) is 0 Å². The van der Waals surface area contributed by atoms with Crippen molar-refractivity contribution in [3.63, 3.8) is 0 Å². The largest absolute Gasteiger partial charge is 0.465 e. The number of nitrogens with one attached hydrogen (secondary N) is 2. The molecule has 0 spiro atoms. The third-order valence-corrected chi connectivity index (χ3v) is 5.82. The molecule has 2 aliphatic rings. The van der Waals surface area contributed by atoms with Gasteiger partial charge in [0.2, 0.25) is 0 Å². The molecule has 160 valence electrons. The van der Waals surface area contributed by atoms with Crippen molar-refractivity contribution >= 4 is 29.9 Å². The highest BCUT2D eigenvalue weighted by Gasteiger charge is 2.34. The molecule has 2 atom stereocenters. The summed E-state index contributed by atoms with van der Waals surface area (Å²) in [6.45, 7) is 7.35. The first-order chi connectivity index (χ1) is 13.2. The highest BCUT2D eigenvalue weighted by Crippen LogP contribution is 2.31. The van der Waals surface area contributed by atoms with E-state index in [1.165, 1.54) is 12.8 Å². The SMILES string of the molecule is CN=C(NCC(c1ccc(C)o1)N1CCCC1)NCC1(CCO)CCOC1.I. The third-order valence-electron chi connectivity index (χ3n) is 5.82. The van der Waals surface area contributed by atoms with E-state index >= 15 is 0 Å². The summed E-state index contributed by atoms with van der Waals surface area (Å²) in [5, 5.41) is 16.3. The van der Waals surface area contributed by atoms with Gasteiger partial charge in [0.15, 0.2) is 5.96 Å². The van der Waals surface area contributed by atoms with E-state index in [0.717, 1.165) is 63.1 Å². The van der Waals surface area contributed by atoms with E-state index in [9.17, 15) is 5.11 Å². The van der Waals surface area contributed by atoms with Crippen LogP contribution >= 0.6 is 24.0 Å². The maximum atomic E-state index is 9.39. The van der Waals surface area contributed by atoms with E-state index in [1.807, 2.05) is 13.0 Å². The third kappa shape index (κ3) is 6.08. The molecule has 2 unspecified atom stereocenters. The molecule has 1 aromatic rings. The highest BCUT2D eigenvalue weighted by atomic mass is 127. The number of aliphatic hydroxyl groups excluding tert-OH is 1. The van der Waals surface area contributed by atoms with Gasteiger partial charge in [-0.1, -0.05) is 0 Å². The summed E-state index contributed by atoms with van der Waals surface area (Å²) in [5.41, 5.74) is -0.00114. The van der Waals surface area contributed by atoms with Crippen LogP contribution in [-0.4, -0.2) is 69.0 Å². The molecule has 8 heteroatoms. The molecule has 0 bridgehead atoms. The first-order valence-electron chi connectivity index (χ1n) is 10.1. The zero-order chi connectivity index (χ0) is 19.1. The van der Waals surface area contributed by atoms with E-state index in [0.29, 0.717) is 6.61 Å². The van der Waals surface area contributed by atoms with Crippen LogP contribution < -0.4 is 10.6 Å². The average Bonchev–Trinajstić information content (AvgIpc) is 3.41. The molecule has 0 aliphatic carbocycles. The highest BCUT2D eigenvalue weighted by molar-refractivity contribution is 14.0. The fourth-order valence-corrected chi connectivity index (χ4v) is 4.09. The van der Waals surface area contributed by atoms with Gasteiger partial charge in [-0.25, -0.2) is 0 Å². The van der Waals surface area contributed by atoms with Crippen LogP contribution in [0.25, 0.3) is 0 Å². The lowest BCUT2D eigenvalue weighted by Gasteiger charge is -2.29. The minimum Gasteiger partial charge on any atom is -0.465 e. The Morgan fingerprint density at radius 1 is 1.32 bits per heavy atom. The van der Waals surface area contributed by atoms with Gasteiger partial charge in [-0.15, -0.1) is 24.0 Å². The molecule has 2 aliphatic heterocycles. The smallest absolute Gasteiger partial charge is 0.191 e. The van der Waals surface area contributed by atoms with Gasteiger partial charge in [0.05, 0.1) is 12.6 Å². The summed E-state index contributed by atoms with van der Waals surface area (Å²) in [4.78, 5) is 6.86. The van der Waals surface area contributed by atoms with Gasteiger partial charge in [0.25, 0.3) is 0 Å². The zero-order valence-corrected chi connectivity index (χ0v) is 19.4. The number of aryl methyl sites for hydroxylation is 1. The second-order valence-electron chi connectivity index (χ2n) is 7.79. The first kappa shape index (κ1) is 23.4. The standard InChI is InChI=1S/C20H34N4O3.HI/c1-16-5-6-18(27-16)17(24-9-3-4-10-24)13-22-19(21-2)23-14-20(7-11-25)8-12-26-15-20;/h5-6,17,25H,3-4,7-15H2,1-2H3,(H2,21,22,23);1H. The van der Waals surface area contributed by atoms with Crippen LogP contribution in [0.4, 0.5) is 0 Å². The zero-order valence-electron chi connectivity index (χ0n) is 17.1. The van der Waals surface area contributed by atoms with Crippen molar-refractivity contribution in [2.45, 2.75) is 38.6 Å². The van der Waals surface area contributed by atoms with Gasteiger partial charge in [0, 0.05) is 38.8 Å². The van der Waals surface area contributed by atoms with Gasteiger partial charge in [0.1, 0.15) is 11.5 Å². The van der Waals surface area contributed by atoms with E-state index < -0.39 is 0 Å². The van der Waals surface area contributed by atoms with Crippen molar-refractivity contribution in [3.05, 3.63) is 23.7 Å². The fourth-order valence-electron chi connectivity index (χ4n) is 4.09. The van der Waals surface area contributed by atoms with E-state index in [-0.39, 0.29) is 42.0 Å². The maximum Gasteiger partial charge on any atom is 0.191 e. The number of hydrogen-bond donors (Lipinski definition) is 3. The van der Waals surface area contributed by atoms with Crippen molar-refractivity contribution in [2.75, 3.05) is 53.0 Å². The van der Waals surface area contributed by atoms with Gasteiger partial charge in [-0.2, -0.15) is 0 Å². The summed E-state index contributed by atoms with van der Waals surface area (Å²) < 4.78 is 11.5. The van der Waals surface area contributed by atoms with Crippen LogP contribution in [0, 0.1) is 12.3 Å². The number of rotatable bonds is 8. The van der Waals surface area contributed by atoms with Crippen LogP contribution in [0.5, 0.6) is 0 Å². The number of aliphatic hydroxyl groups is 1. The Kier molecular flexibility index (Phi) is 9.52. The van der Waals surface area contributed by atoms with Crippen molar-refractivity contribution in [1.82, 2.24) is 15.5 Å². The van der Waals surface area contributed by atoms with E-state index in [1.54, 1.807) is 7.05 Å². The van der Waals surface area contributed by atoms with Gasteiger partial charge < -0.3 is 24.9 Å². The molecule has 3 N–H and O–H groups in total. The van der Waals surface area contributed by atoms with Crippen LogP contribution in [0.3, 0.4) is 0 Å². The number of ether oxygens (including phenoxy) is 1. The second-order valence-corrected chi connectivity index (χ2v) is 7.79.